The standard InChI is InChI=1S/C19H26N4O/c1-2-12-22(17-8-10-20-11-9-17)19(24)13-16-14-21-23(15-16)18-6-4-3-5-7-18/h3-7,14-15,17,20H,2,8-13H2,1H3. The molecule has 0 unspecified atom stereocenters. The van der Waals surface area contributed by atoms with Crippen LogP contribution in [0.3, 0.4) is 0 Å². The van der Waals surface area contributed by atoms with Crippen molar-refractivity contribution in [1.29, 1.82) is 0 Å². The molecule has 5 heteroatoms. The Hall–Kier alpha value is -2.14. The van der Waals surface area contributed by atoms with E-state index in [4.69, 9.17) is 0 Å². The smallest absolute Gasteiger partial charge is 0.227 e. The molecular formula is C19H26N4O. The van der Waals surface area contributed by atoms with Gasteiger partial charge >= 0.3 is 0 Å². The van der Waals surface area contributed by atoms with Gasteiger partial charge in [0, 0.05) is 18.8 Å². The third-order valence-electron chi connectivity index (χ3n) is 4.55. The van der Waals surface area contributed by atoms with E-state index in [-0.39, 0.29) is 5.91 Å². The summed E-state index contributed by atoms with van der Waals surface area (Å²) in [6, 6.07) is 10.4. The molecule has 1 aromatic carbocycles. The minimum Gasteiger partial charge on any atom is -0.339 e. The molecule has 24 heavy (non-hydrogen) atoms. The first-order valence-electron chi connectivity index (χ1n) is 8.87. The number of carbonyl (C=O) groups is 1. The molecule has 5 nitrogen and oxygen atoms in total. The third kappa shape index (κ3) is 4.03. The molecule has 0 radical (unpaired) electrons. The predicted molar refractivity (Wildman–Crippen MR) is 95.2 cm³/mol. The second-order valence-electron chi connectivity index (χ2n) is 6.37. The van der Waals surface area contributed by atoms with E-state index in [0.29, 0.717) is 12.5 Å². The van der Waals surface area contributed by atoms with Crippen LogP contribution in [0.25, 0.3) is 5.69 Å². The van der Waals surface area contributed by atoms with Gasteiger partial charge < -0.3 is 10.2 Å². The second-order valence-corrected chi connectivity index (χ2v) is 6.37. The molecule has 1 fully saturated rings. The summed E-state index contributed by atoms with van der Waals surface area (Å²) >= 11 is 0. The van der Waals surface area contributed by atoms with Crippen molar-refractivity contribution in [2.24, 2.45) is 0 Å². The summed E-state index contributed by atoms with van der Waals surface area (Å²) in [6.45, 7) is 4.99. The zero-order valence-electron chi connectivity index (χ0n) is 14.3. The molecule has 0 saturated carbocycles. The van der Waals surface area contributed by atoms with Crippen LogP contribution in [0.1, 0.15) is 31.7 Å². The van der Waals surface area contributed by atoms with Crippen molar-refractivity contribution in [1.82, 2.24) is 20.0 Å². The Balaban J connectivity index is 1.67. The summed E-state index contributed by atoms with van der Waals surface area (Å²) < 4.78 is 1.83. The van der Waals surface area contributed by atoms with Gasteiger partial charge in [0.15, 0.2) is 0 Å². The van der Waals surface area contributed by atoms with Crippen LogP contribution < -0.4 is 5.32 Å². The fourth-order valence-corrected chi connectivity index (χ4v) is 3.32. The van der Waals surface area contributed by atoms with Crippen LogP contribution in [0.4, 0.5) is 0 Å². The van der Waals surface area contributed by atoms with Gasteiger partial charge in [-0.3, -0.25) is 4.79 Å². The number of amides is 1. The van der Waals surface area contributed by atoms with Crippen molar-refractivity contribution >= 4 is 5.91 Å². The number of para-hydroxylation sites is 1. The SMILES string of the molecule is CCCN(C(=O)Cc1cnn(-c2ccccc2)c1)C1CCNCC1. The van der Waals surface area contributed by atoms with Gasteiger partial charge in [-0.25, -0.2) is 4.68 Å². The molecule has 0 atom stereocenters. The Morgan fingerprint density at radius 2 is 2.04 bits per heavy atom. The molecule has 0 spiro atoms. The summed E-state index contributed by atoms with van der Waals surface area (Å²) in [5.41, 5.74) is 1.99. The van der Waals surface area contributed by atoms with Crippen molar-refractivity contribution in [2.45, 2.75) is 38.6 Å². The first-order chi connectivity index (χ1) is 11.8. The number of piperidine rings is 1. The molecule has 0 bridgehead atoms. The maximum atomic E-state index is 12.8. The number of hydrogen-bond acceptors (Lipinski definition) is 3. The number of aromatic nitrogens is 2. The van der Waals surface area contributed by atoms with Crippen molar-refractivity contribution < 1.29 is 4.79 Å². The molecule has 128 valence electrons. The van der Waals surface area contributed by atoms with Crippen LogP contribution in [-0.2, 0) is 11.2 Å². The Labute approximate surface area is 143 Å². The fourth-order valence-electron chi connectivity index (χ4n) is 3.32. The Morgan fingerprint density at radius 1 is 1.29 bits per heavy atom. The van der Waals surface area contributed by atoms with Crippen LogP contribution in [0.2, 0.25) is 0 Å². The van der Waals surface area contributed by atoms with E-state index in [1.807, 2.05) is 41.2 Å². The molecule has 1 N–H and O–H groups in total. The highest BCUT2D eigenvalue weighted by Gasteiger charge is 2.24. The lowest BCUT2D eigenvalue weighted by atomic mass is 10.0. The number of benzene rings is 1. The lowest BCUT2D eigenvalue weighted by molar-refractivity contribution is -0.133. The summed E-state index contributed by atoms with van der Waals surface area (Å²) in [6.07, 6.45) is 7.29. The zero-order chi connectivity index (χ0) is 16.8. The van der Waals surface area contributed by atoms with Crippen LogP contribution in [0, 0.1) is 0 Å². The van der Waals surface area contributed by atoms with Gasteiger partial charge in [0.25, 0.3) is 0 Å². The van der Waals surface area contributed by atoms with Crippen LogP contribution in [-0.4, -0.2) is 46.3 Å². The number of hydrogen-bond donors (Lipinski definition) is 1. The fraction of sp³-hybridized carbons (Fsp3) is 0.474. The number of rotatable bonds is 6. The highest BCUT2D eigenvalue weighted by molar-refractivity contribution is 5.79. The molecular weight excluding hydrogens is 300 g/mol. The number of nitrogens with one attached hydrogen (secondary N) is 1. The Morgan fingerprint density at radius 3 is 2.75 bits per heavy atom. The highest BCUT2D eigenvalue weighted by Crippen LogP contribution is 2.15. The van der Waals surface area contributed by atoms with Gasteiger partial charge in [0.2, 0.25) is 5.91 Å². The van der Waals surface area contributed by atoms with Gasteiger partial charge in [-0.15, -0.1) is 0 Å². The lowest BCUT2D eigenvalue weighted by Gasteiger charge is -2.34. The second kappa shape index (κ2) is 8.11. The maximum absolute atomic E-state index is 12.8. The van der Waals surface area contributed by atoms with E-state index in [9.17, 15) is 4.79 Å². The van der Waals surface area contributed by atoms with Gasteiger partial charge in [-0.2, -0.15) is 5.10 Å². The van der Waals surface area contributed by atoms with Gasteiger partial charge in [0.1, 0.15) is 0 Å². The normalized spacial score (nSPS) is 15.4. The topological polar surface area (TPSA) is 50.2 Å². The molecule has 2 heterocycles. The van der Waals surface area contributed by atoms with E-state index in [1.54, 1.807) is 6.20 Å². The molecule has 3 rings (SSSR count). The van der Waals surface area contributed by atoms with Crippen molar-refractivity contribution in [3.63, 3.8) is 0 Å². The number of nitrogens with zero attached hydrogens (tertiary/aromatic N) is 3. The number of carbonyl (C=O) groups excluding carboxylic acids is 1. The minimum atomic E-state index is 0.219. The predicted octanol–water partition coefficient (Wildman–Crippen LogP) is 2.41. The van der Waals surface area contributed by atoms with E-state index >= 15 is 0 Å². The highest BCUT2D eigenvalue weighted by atomic mass is 16.2. The first-order valence-corrected chi connectivity index (χ1v) is 8.87. The molecule has 1 saturated heterocycles. The van der Waals surface area contributed by atoms with Gasteiger partial charge in [-0.1, -0.05) is 25.1 Å². The molecule has 2 aromatic rings. The molecule has 1 aromatic heterocycles. The van der Waals surface area contributed by atoms with E-state index in [0.717, 1.165) is 50.1 Å². The summed E-state index contributed by atoms with van der Waals surface area (Å²) in [7, 11) is 0. The van der Waals surface area contributed by atoms with Gasteiger partial charge in [0.05, 0.1) is 18.3 Å². The van der Waals surface area contributed by atoms with Crippen molar-refractivity contribution in [2.75, 3.05) is 19.6 Å². The van der Waals surface area contributed by atoms with Crippen molar-refractivity contribution in [3.8, 4) is 5.69 Å². The quantitative estimate of drug-likeness (QED) is 0.887. The lowest BCUT2D eigenvalue weighted by Crippen LogP contribution is -2.47. The molecule has 1 amide bonds. The monoisotopic (exact) mass is 326 g/mol. The Bertz CT molecular complexity index is 646. The minimum absolute atomic E-state index is 0.219. The van der Waals surface area contributed by atoms with E-state index in [2.05, 4.69) is 22.2 Å². The average Bonchev–Trinajstić information content (AvgIpc) is 3.09. The van der Waals surface area contributed by atoms with Crippen LogP contribution >= 0.6 is 0 Å². The molecule has 1 aliphatic rings. The average molecular weight is 326 g/mol. The molecule has 0 aliphatic carbocycles. The zero-order valence-corrected chi connectivity index (χ0v) is 14.3. The first kappa shape index (κ1) is 16.7. The van der Waals surface area contributed by atoms with E-state index < -0.39 is 0 Å². The maximum Gasteiger partial charge on any atom is 0.227 e. The van der Waals surface area contributed by atoms with E-state index in [1.165, 1.54) is 0 Å². The third-order valence-corrected chi connectivity index (χ3v) is 4.55. The van der Waals surface area contributed by atoms with Crippen molar-refractivity contribution in [3.05, 3.63) is 48.3 Å². The summed E-state index contributed by atoms with van der Waals surface area (Å²) in [5.74, 6) is 0.219. The Kier molecular flexibility index (Phi) is 5.64. The molecule has 1 aliphatic heterocycles. The van der Waals surface area contributed by atoms with Crippen LogP contribution in [0.5, 0.6) is 0 Å². The van der Waals surface area contributed by atoms with Gasteiger partial charge in [-0.05, 0) is 50.0 Å². The summed E-state index contributed by atoms with van der Waals surface area (Å²) in [4.78, 5) is 14.9. The summed E-state index contributed by atoms with van der Waals surface area (Å²) in [5, 5.41) is 7.76. The largest absolute Gasteiger partial charge is 0.339 e. The van der Waals surface area contributed by atoms with Crippen LogP contribution in [0.15, 0.2) is 42.7 Å².